The van der Waals surface area contributed by atoms with E-state index in [2.05, 4.69) is 5.32 Å². The third-order valence-corrected chi connectivity index (χ3v) is 2.87. The summed E-state index contributed by atoms with van der Waals surface area (Å²) >= 11 is 5.64. The van der Waals surface area contributed by atoms with Crippen molar-refractivity contribution in [1.29, 1.82) is 0 Å². The van der Waals surface area contributed by atoms with Gasteiger partial charge >= 0.3 is 0 Å². The van der Waals surface area contributed by atoms with Crippen LogP contribution in [-0.4, -0.2) is 41.1 Å². The van der Waals surface area contributed by atoms with Gasteiger partial charge in [0.25, 0.3) is 0 Å². The van der Waals surface area contributed by atoms with E-state index in [4.69, 9.17) is 11.6 Å². The van der Waals surface area contributed by atoms with E-state index in [-0.39, 0.29) is 23.2 Å². The molecule has 0 saturated heterocycles. The number of aliphatic hydroxyl groups is 1. The lowest BCUT2D eigenvalue weighted by Crippen LogP contribution is -2.42. The summed E-state index contributed by atoms with van der Waals surface area (Å²) in [5.41, 5.74) is -0.791. The topological polar surface area (TPSA) is 52.6 Å². The predicted octanol–water partition coefficient (Wildman–Crippen LogP) is 2.51. The minimum Gasteiger partial charge on any atom is -0.389 e. The second kappa shape index (κ2) is 7.02. The Labute approximate surface area is 123 Å². The molecular weight excluding hydrogens is 283 g/mol. The summed E-state index contributed by atoms with van der Waals surface area (Å²) < 4.78 is 13.5. The van der Waals surface area contributed by atoms with Gasteiger partial charge in [-0.05, 0) is 38.6 Å². The van der Waals surface area contributed by atoms with Crippen molar-refractivity contribution in [2.24, 2.45) is 0 Å². The van der Waals surface area contributed by atoms with Crippen molar-refractivity contribution in [2.75, 3.05) is 25.0 Å². The fraction of sp³-hybridized carbons (Fsp3) is 0.500. The summed E-state index contributed by atoms with van der Waals surface area (Å²) in [5, 5.41) is 12.5. The summed E-state index contributed by atoms with van der Waals surface area (Å²) in [7, 11) is 0. The van der Waals surface area contributed by atoms with Crippen molar-refractivity contribution in [3.63, 3.8) is 0 Å². The molecule has 0 unspecified atom stereocenters. The lowest BCUT2D eigenvalue weighted by molar-refractivity contribution is -0.117. The zero-order valence-electron chi connectivity index (χ0n) is 11.9. The van der Waals surface area contributed by atoms with Gasteiger partial charge in [-0.3, -0.25) is 9.69 Å². The first kappa shape index (κ1) is 16.9. The molecule has 0 aliphatic heterocycles. The molecule has 0 fully saturated rings. The van der Waals surface area contributed by atoms with Gasteiger partial charge < -0.3 is 10.4 Å². The molecule has 0 heterocycles. The van der Waals surface area contributed by atoms with Crippen molar-refractivity contribution in [1.82, 2.24) is 4.90 Å². The van der Waals surface area contributed by atoms with Gasteiger partial charge in [-0.25, -0.2) is 4.39 Å². The Kier molecular flexibility index (Phi) is 5.92. The molecule has 112 valence electrons. The maximum absolute atomic E-state index is 13.5. The number of amides is 1. The van der Waals surface area contributed by atoms with Gasteiger partial charge in [0.05, 0.1) is 17.8 Å². The molecule has 0 bridgehead atoms. The highest BCUT2D eigenvalue weighted by atomic mass is 35.5. The molecule has 0 aliphatic carbocycles. The average molecular weight is 303 g/mol. The number of nitrogens with zero attached hydrogens (tertiary/aromatic N) is 1. The second-order valence-corrected chi connectivity index (χ2v) is 5.72. The van der Waals surface area contributed by atoms with Gasteiger partial charge in [0.2, 0.25) is 5.91 Å². The highest BCUT2D eigenvalue weighted by Crippen LogP contribution is 2.18. The Bertz CT molecular complexity index is 475. The molecule has 1 amide bonds. The summed E-state index contributed by atoms with van der Waals surface area (Å²) in [5.74, 6) is -0.909. The van der Waals surface area contributed by atoms with Crippen LogP contribution in [0.2, 0.25) is 5.02 Å². The molecule has 0 aromatic heterocycles. The minimum absolute atomic E-state index is 0.0859. The van der Waals surface area contributed by atoms with E-state index >= 15 is 0 Å². The van der Waals surface area contributed by atoms with Crippen LogP contribution in [0, 0.1) is 5.82 Å². The number of halogens is 2. The van der Waals surface area contributed by atoms with Gasteiger partial charge in [0, 0.05) is 11.6 Å². The van der Waals surface area contributed by atoms with Crippen molar-refractivity contribution < 1.29 is 14.3 Å². The van der Waals surface area contributed by atoms with Crippen molar-refractivity contribution in [3.8, 4) is 0 Å². The van der Waals surface area contributed by atoms with E-state index in [0.717, 1.165) is 6.07 Å². The number of carbonyl (C=O) groups excluding carboxylic acids is 1. The highest BCUT2D eigenvalue weighted by molar-refractivity contribution is 6.30. The largest absolute Gasteiger partial charge is 0.389 e. The normalized spacial score (nSPS) is 11.8. The molecule has 0 radical (unpaired) electrons. The highest BCUT2D eigenvalue weighted by Gasteiger charge is 2.19. The maximum Gasteiger partial charge on any atom is 0.238 e. The third-order valence-electron chi connectivity index (χ3n) is 2.63. The number of likely N-dealkylation sites (N-methyl/N-ethyl adjacent to an activating group) is 1. The zero-order chi connectivity index (χ0) is 15.3. The molecule has 6 heteroatoms. The lowest BCUT2D eigenvalue weighted by atomic mass is 10.1. The fourth-order valence-corrected chi connectivity index (χ4v) is 1.97. The first-order valence-corrected chi connectivity index (χ1v) is 6.78. The van der Waals surface area contributed by atoms with E-state index in [0.29, 0.717) is 13.1 Å². The van der Waals surface area contributed by atoms with Crippen LogP contribution < -0.4 is 5.32 Å². The molecular formula is C14H20ClFN2O2. The van der Waals surface area contributed by atoms with Crippen molar-refractivity contribution in [3.05, 3.63) is 29.0 Å². The average Bonchev–Trinajstić information content (AvgIpc) is 2.30. The quantitative estimate of drug-likeness (QED) is 0.849. The summed E-state index contributed by atoms with van der Waals surface area (Å²) in [6.45, 7) is 6.30. The summed E-state index contributed by atoms with van der Waals surface area (Å²) in [6.07, 6.45) is 0. The number of carbonyl (C=O) groups is 1. The first-order chi connectivity index (χ1) is 9.21. The van der Waals surface area contributed by atoms with Crippen LogP contribution in [0.4, 0.5) is 10.1 Å². The number of nitrogens with one attached hydrogen (secondary N) is 1. The first-order valence-electron chi connectivity index (χ1n) is 6.41. The van der Waals surface area contributed by atoms with Crippen LogP contribution in [0.3, 0.4) is 0 Å². The third kappa shape index (κ3) is 5.86. The molecule has 0 spiro atoms. The van der Waals surface area contributed by atoms with E-state index in [1.807, 2.05) is 6.92 Å². The maximum atomic E-state index is 13.5. The number of benzene rings is 1. The van der Waals surface area contributed by atoms with Gasteiger partial charge in [0.15, 0.2) is 0 Å². The standard InChI is InChI=1S/C14H20ClFN2O2/c1-4-18(9-14(2,3)20)8-13(19)17-12-6-5-10(15)7-11(12)16/h5-7,20H,4,8-9H2,1-3H3,(H,17,19). The van der Waals surface area contributed by atoms with Crippen LogP contribution >= 0.6 is 11.6 Å². The lowest BCUT2D eigenvalue weighted by Gasteiger charge is -2.27. The molecule has 0 saturated carbocycles. The van der Waals surface area contributed by atoms with Crippen LogP contribution in [0.5, 0.6) is 0 Å². The van der Waals surface area contributed by atoms with E-state index in [1.165, 1.54) is 12.1 Å². The molecule has 4 nitrogen and oxygen atoms in total. The van der Waals surface area contributed by atoms with Gasteiger partial charge in [0.1, 0.15) is 5.82 Å². The monoisotopic (exact) mass is 302 g/mol. The van der Waals surface area contributed by atoms with Crippen molar-refractivity contribution >= 4 is 23.2 Å². The van der Waals surface area contributed by atoms with E-state index in [1.54, 1.807) is 18.7 Å². The van der Waals surface area contributed by atoms with E-state index < -0.39 is 11.4 Å². The molecule has 1 aromatic rings. The zero-order valence-corrected chi connectivity index (χ0v) is 12.7. The number of hydrogen-bond donors (Lipinski definition) is 2. The SMILES string of the molecule is CCN(CC(=O)Nc1ccc(Cl)cc1F)CC(C)(C)O. The fourth-order valence-electron chi connectivity index (χ4n) is 1.81. The number of rotatable bonds is 6. The Morgan fingerprint density at radius 1 is 1.50 bits per heavy atom. The Hall–Kier alpha value is -1.17. The Morgan fingerprint density at radius 3 is 2.65 bits per heavy atom. The minimum atomic E-state index is -0.887. The molecule has 0 atom stereocenters. The van der Waals surface area contributed by atoms with Crippen LogP contribution in [-0.2, 0) is 4.79 Å². The molecule has 0 aliphatic rings. The van der Waals surface area contributed by atoms with Crippen LogP contribution in [0.1, 0.15) is 20.8 Å². The molecule has 1 aromatic carbocycles. The summed E-state index contributed by atoms with van der Waals surface area (Å²) in [4.78, 5) is 13.7. The molecule has 1 rings (SSSR count). The predicted molar refractivity (Wildman–Crippen MR) is 78.5 cm³/mol. The van der Waals surface area contributed by atoms with Crippen LogP contribution in [0.25, 0.3) is 0 Å². The van der Waals surface area contributed by atoms with Gasteiger partial charge in [-0.15, -0.1) is 0 Å². The van der Waals surface area contributed by atoms with Gasteiger partial charge in [-0.1, -0.05) is 18.5 Å². The Morgan fingerprint density at radius 2 is 2.15 bits per heavy atom. The summed E-state index contributed by atoms with van der Waals surface area (Å²) in [6, 6.07) is 4.07. The number of anilines is 1. The van der Waals surface area contributed by atoms with Crippen molar-refractivity contribution in [2.45, 2.75) is 26.4 Å². The molecule has 20 heavy (non-hydrogen) atoms. The smallest absolute Gasteiger partial charge is 0.238 e. The van der Waals surface area contributed by atoms with Crippen LogP contribution in [0.15, 0.2) is 18.2 Å². The second-order valence-electron chi connectivity index (χ2n) is 5.29. The number of hydrogen-bond acceptors (Lipinski definition) is 3. The van der Waals surface area contributed by atoms with E-state index in [9.17, 15) is 14.3 Å². The molecule has 2 N–H and O–H groups in total. The van der Waals surface area contributed by atoms with Gasteiger partial charge in [-0.2, -0.15) is 0 Å². The Balaban J connectivity index is 2.62.